The summed E-state index contributed by atoms with van der Waals surface area (Å²) in [4.78, 5) is 36.4. The van der Waals surface area contributed by atoms with E-state index in [0.29, 0.717) is 3.57 Å². The summed E-state index contributed by atoms with van der Waals surface area (Å²) >= 11 is 1.77. The summed E-state index contributed by atoms with van der Waals surface area (Å²) in [6.07, 6.45) is -0.563. The number of carbonyl (C=O) groups is 1. The Labute approximate surface area is 138 Å². The molecule has 1 aliphatic rings. The van der Waals surface area contributed by atoms with Gasteiger partial charge in [0.15, 0.2) is 0 Å². The van der Waals surface area contributed by atoms with Gasteiger partial charge in [0.05, 0.1) is 22.8 Å². The third kappa shape index (κ3) is 3.24. The summed E-state index contributed by atoms with van der Waals surface area (Å²) in [6, 6.07) is 0. The average molecular weight is 425 g/mol. The minimum absolute atomic E-state index is 0.0438. The second-order valence-electron chi connectivity index (χ2n) is 5.10. The third-order valence-electron chi connectivity index (χ3n) is 3.54. The summed E-state index contributed by atoms with van der Waals surface area (Å²) in [7, 11) is 0. The zero-order valence-corrected chi connectivity index (χ0v) is 13.9. The van der Waals surface area contributed by atoms with E-state index in [0.717, 1.165) is 4.57 Å². The maximum absolute atomic E-state index is 11.9. The number of aliphatic hydroxyl groups excluding tert-OH is 2. The van der Waals surface area contributed by atoms with Crippen LogP contribution in [0.5, 0.6) is 0 Å². The Morgan fingerprint density at radius 1 is 1.64 bits per heavy atom. The number of nitrogens with zero attached hydrogens (tertiary/aromatic N) is 1. The largest absolute Gasteiger partial charge is 0.393 e. The zero-order valence-electron chi connectivity index (χ0n) is 11.7. The maximum Gasteiger partial charge on any atom is 0.330 e. The van der Waals surface area contributed by atoms with Gasteiger partial charge in [-0.15, -0.1) is 0 Å². The van der Waals surface area contributed by atoms with Crippen LogP contribution in [0.25, 0.3) is 0 Å². The predicted octanol–water partition coefficient (Wildman–Crippen LogP) is -1.71. The predicted molar refractivity (Wildman–Crippen MR) is 83.3 cm³/mol. The van der Waals surface area contributed by atoms with Crippen molar-refractivity contribution in [2.45, 2.75) is 31.3 Å². The van der Waals surface area contributed by atoms with Crippen molar-refractivity contribution in [1.82, 2.24) is 14.9 Å². The molecular weight excluding hydrogens is 409 g/mol. The molecule has 1 saturated heterocycles. The summed E-state index contributed by atoms with van der Waals surface area (Å²) < 4.78 is 7.09. The molecule has 1 aliphatic heterocycles. The lowest BCUT2D eigenvalue weighted by atomic mass is 9.97. The van der Waals surface area contributed by atoms with E-state index in [9.17, 15) is 24.6 Å². The minimum Gasteiger partial charge on any atom is -0.393 e. The van der Waals surface area contributed by atoms with E-state index in [1.165, 1.54) is 13.1 Å². The smallest absolute Gasteiger partial charge is 0.330 e. The van der Waals surface area contributed by atoms with Crippen molar-refractivity contribution in [2.24, 2.45) is 0 Å². The van der Waals surface area contributed by atoms with Gasteiger partial charge in [-0.3, -0.25) is 19.1 Å². The molecular formula is C12H16IN3O6. The highest BCUT2D eigenvalue weighted by Gasteiger charge is 2.48. The van der Waals surface area contributed by atoms with E-state index in [4.69, 9.17) is 4.74 Å². The standard InChI is InChI=1S/C12H16IN3O6/c1-6(18)14-4-12(5-17)8(19)2-9(22-12)16-3-7(13)10(20)15-11(16)21/h3,8-9,17,19H,2,4-5H2,1H3,(H,14,18)(H,15,20,21)/t8-,9+,12+/m0/s1. The van der Waals surface area contributed by atoms with Crippen molar-refractivity contribution >= 4 is 28.5 Å². The van der Waals surface area contributed by atoms with Gasteiger partial charge in [-0.25, -0.2) is 4.79 Å². The molecule has 1 amide bonds. The first-order chi connectivity index (χ1) is 10.3. The molecule has 0 aliphatic carbocycles. The van der Waals surface area contributed by atoms with Crippen LogP contribution in [-0.4, -0.2) is 50.5 Å². The van der Waals surface area contributed by atoms with Gasteiger partial charge in [0.1, 0.15) is 11.8 Å². The number of nitrogens with one attached hydrogen (secondary N) is 2. The quantitative estimate of drug-likeness (QED) is 0.425. The second-order valence-corrected chi connectivity index (χ2v) is 6.26. The van der Waals surface area contributed by atoms with Crippen LogP contribution < -0.4 is 16.6 Å². The highest BCUT2D eigenvalue weighted by molar-refractivity contribution is 14.1. The normalized spacial score (nSPS) is 27.8. The first-order valence-corrected chi connectivity index (χ1v) is 7.59. The van der Waals surface area contributed by atoms with Gasteiger partial charge in [-0.2, -0.15) is 0 Å². The number of aliphatic hydroxyl groups is 2. The SMILES string of the molecule is CC(=O)NC[C@]1(CO)O[C@@H](n2cc(I)c(=O)[nH]c2=O)C[C@@H]1O. The van der Waals surface area contributed by atoms with Gasteiger partial charge >= 0.3 is 5.69 Å². The third-order valence-corrected chi connectivity index (χ3v) is 4.31. The van der Waals surface area contributed by atoms with Crippen LogP contribution in [-0.2, 0) is 9.53 Å². The Hall–Kier alpha value is -1.24. The summed E-state index contributed by atoms with van der Waals surface area (Å²) in [5, 5.41) is 22.2. The van der Waals surface area contributed by atoms with E-state index in [-0.39, 0.29) is 18.9 Å². The molecule has 0 bridgehead atoms. The fourth-order valence-electron chi connectivity index (χ4n) is 2.28. The van der Waals surface area contributed by atoms with Crippen LogP contribution in [0, 0.1) is 3.57 Å². The minimum atomic E-state index is -1.39. The van der Waals surface area contributed by atoms with E-state index >= 15 is 0 Å². The molecule has 1 aromatic rings. The van der Waals surface area contributed by atoms with Crippen LogP contribution in [0.3, 0.4) is 0 Å². The number of hydrogen-bond donors (Lipinski definition) is 4. The zero-order chi connectivity index (χ0) is 16.5. The van der Waals surface area contributed by atoms with E-state index in [1.54, 1.807) is 22.6 Å². The number of aromatic nitrogens is 2. The summed E-state index contributed by atoms with van der Waals surface area (Å²) in [6.45, 7) is 0.685. The lowest BCUT2D eigenvalue weighted by Crippen LogP contribution is -2.52. The number of H-pyrrole nitrogens is 1. The van der Waals surface area contributed by atoms with Crippen molar-refractivity contribution in [3.8, 4) is 0 Å². The monoisotopic (exact) mass is 425 g/mol. The van der Waals surface area contributed by atoms with Crippen LogP contribution in [0.2, 0.25) is 0 Å². The Bertz CT molecular complexity index is 686. The Kier molecular flexibility index (Phi) is 5.04. The number of rotatable bonds is 4. The van der Waals surface area contributed by atoms with E-state index < -0.39 is 35.8 Å². The Morgan fingerprint density at radius 3 is 2.91 bits per heavy atom. The van der Waals surface area contributed by atoms with Gasteiger partial charge in [-0.1, -0.05) is 0 Å². The lowest BCUT2D eigenvalue weighted by Gasteiger charge is -2.30. The molecule has 9 nitrogen and oxygen atoms in total. The van der Waals surface area contributed by atoms with Crippen molar-refractivity contribution in [3.05, 3.63) is 30.6 Å². The molecule has 4 N–H and O–H groups in total. The van der Waals surface area contributed by atoms with Gasteiger partial charge in [0, 0.05) is 19.5 Å². The van der Waals surface area contributed by atoms with E-state index in [2.05, 4.69) is 10.3 Å². The fourth-order valence-corrected chi connectivity index (χ4v) is 2.72. The molecule has 0 saturated carbocycles. The fraction of sp³-hybridized carbons (Fsp3) is 0.583. The first-order valence-electron chi connectivity index (χ1n) is 6.51. The Balaban J connectivity index is 2.29. The Morgan fingerprint density at radius 2 is 2.32 bits per heavy atom. The van der Waals surface area contributed by atoms with Crippen molar-refractivity contribution in [3.63, 3.8) is 0 Å². The second kappa shape index (κ2) is 6.48. The van der Waals surface area contributed by atoms with Crippen molar-refractivity contribution < 1.29 is 19.7 Å². The van der Waals surface area contributed by atoms with Gasteiger partial charge in [-0.05, 0) is 22.6 Å². The van der Waals surface area contributed by atoms with Crippen LogP contribution >= 0.6 is 22.6 Å². The number of halogens is 1. The molecule has 122 valence electrons. The van der Waals surface area contributed by atoms with Gasteiger partial charge in [0.2, 0.25) is 5.91 Å². The highest BCUT2D eigenvalue weighted by atomic mass is 127. The van der Waals surface area contributed by atoms with Gasteiger partial charge < -0.3 is 20.3 Å². The molecule has 2 rings (SSSR count). The summed E-state index contributed by atoms with van der Waals surface area (Å²) in [5.41, 5.74) is -2.57. The summed E-state index contributed by atoms with van der Waals surface area (Å²) in [5.74, 6) is -0.331. The molecule has 0 aromatic carbocycles. The molecule has 0 spiro atoms. The molecule has 10 heteroatoms. The molecule has 0 radical (unpaired) electrons. The van der Waals surface area contributed by atoms with Gasteiger partial charge in [0.25, 0.3) is 5.56 Å². The van der Waals surface area contributed by atoms with Crippen LogP contribution in [0.4, 0.5) is 0 Å². The number of ether oxygens (including phenoxy) is 1. The molecule has 0 unspecified atom stereocenters. The average Bonchev–Trinajstić information content (AvgIpc) is 2.78. The molecule has 1 aromatic heterocycles. The molecule has 3 atom stereocenters. The maximum atomic E-state index is 11.9. The number of carbonyl (C=O) groups excluding carboxylic acids is 1. The van der Waals surface area contributed by atoms with Crippen molar-refractivity contribution in [2.75, 3.05) is 13.2 Å². The molecule has 1 fully saturated rings. The number of hydrogen-bond acceptors (Lipinski definition) is 6. The number of aromatic amines is 1. The van der Waals surface area contributed by atoms with Crippen LogP contribution in [0.1, 0.15) is 19.6 Å². The van der Waals surface area contributed by atoms with E-state index in [1.807, 2.05) is 0 Å². The molecule has 22 heavy (non-hydrogen) atoms. The first kappa shape index (κ1) is 17.1. The highest BCUT2D eigenvalue weighted by Crippen LogP contribution is 2.35. The topological polar surface area (TPSA) is 134 Å². The number of amides is 1. The lowest BCUT2D eigenvalue weighted by molar-refractivity contribution is -0.134. The van der Waals surface area contributed by atoms with Crippen molar-refractivity contribution in [1.29, 1.82) is 0 Å². The van der Waals surface area contributed by atoms with Crippen LogP contribution in [0.15, 0.2) is 15.8 Å². The molecule has 2 heterocycles.